The van der Waals surface area contributed by atoms with Gasteiger partial charge in [-0.3, -0.25) is 0 Å². The number of nitrogens with two attached hydrogens (primary N) is 1. The highest BCUT2D eigenvalue weighted by atomic mass is 19.1. The fourth-order valence-corrected chi connectivity index (χ4v) is 2.15. The summed E-state index contributed by atoms with van der Waals surface area (Å²) >= 11 is 0. The van der Waals surface area contributed by atoms with E-state index in [4.69, 9.17) is 19.9 Å². The number of hydrogen-bond acceptors (Lipinski definition) is 5. The van der Waals surface area contributed by atoms with Crippen LogP contribution in [-0.2, 0) is 0 Å². The Bertz CT molecular complexity index is 660. The molecule has 0 spiro atoms. The van der Waals surface area contributed by atoms with E-state index >= 15 is 0 Å². The van der Waals surface area contributed by atoms with Gasteiger partial charge in [-0.1, -0.05) is 12.1 Å². The highest BCUT2D eigenvalue weighted by Gasteiger charge is 2.21. The SMILES string of the molecule is NCC(O)COc1ccc(-c2ccc3c(c2F)OCO3)cc1. The summed E-state index contributed by atoms with van der Waals surface area (Å²) in [7, 11) is 0. The molecule has 0 aliphatic carbocycles. The Hall–Kier alpha value is -2.31. The second-order valence-corrected chi connectivity index (χ2v) is 4.89. The normalized spacial score (nSPS) is 14.0. The Morgan fingerprint density at radius 3 is 2.68 bits per heavy atom. The minimum absolute atomic E-state index is 0.0337. The zero-order valence-electron chi connectivity index (χ0n) is 11.8. The Morgan fingerprint density at radius 2 is 1.95 bits per heavy atom. The average molecular weight is 305 g/mol. The number of rotatable bonds is 5. The molecule has 6 heteroatoms. The summed E-state index contributed by atoms with van der Waals surface area (Å²) in [4.78, 5) is 0. The van der Waals surface area contributed by atoms with E-state index in [1.807, 2.05) is 0 Å². The van der Waals surface area contributed by atoms with E-state index in [2.05, 4.69) is 0 Å². The molecule has 2 aromatic rings. The second kappa shape index (κ2) is 6.21. The molecule has 1 atom stereocenters. The topological polar surface area (TPSA) is 73.9 Å². The van der Waals surface area contributed by atoms with Crippen LogP contribution in [0, 0.1) is 5.82 Å². The third-order valence-electron chi connectivity index (χ3n) is 3.36. The number of ether oxygens (including phenoxy) is 3. The van der Waals surface area contributed by atoms with Gasteiger partial charge in [0.1, 0.15) is 18.5 Å². The maximum Gasteiger partial charge on any atom is 0.231 e. The molecule has 0 fully saturated rings. The average Bonchev–Trinajstić information content (AvgIpc) is 3.03. The fourth-order valence-electron chi connectivity index (χ4n) is 2.15. The first-order chi connectivity index (χ1) is 10.7. The molecule has 0 radical (unpaired) electrons. The van der Waals surface area contributed by atoms with Gasteiger partial charge in [-0.15, -0.1) is 0 Å². The van der Waals surface area contributed by atoms with Crippen molar-refractivity contribution in [2.45, 2.75) is 6.10 Å². The summed E-state index contributed by atoms with van der Waals surface area (Å²) < 4.78 is 30.0. The van der Waals surface area contributed by atoms with Crippen molar-refractivity contribution in [1.29, 1.82) is 0 Å². The first kappa shape index (κ1) is 14.6. The summed E-state index contributed by atoms with van der Waals surface area (Å²) in [5.41, 5.74) is 6.43. The minimum Gasteiger partial charge on any atom is -0.491 e. The fraction of sp³-hybridized carbons (Fsp3) is 0.250. The lowest BCUT2D eigenvalue weighted by atomic mass is 10.0. The lowest BCUT2D eigenvalue weighted by Gasteiger charge is -2.11. The van der Waals surface area contributed by atoms with Gasteiger partial charge in [-0.2, -0.15) is 0 Å². The minimum atomic E-state index is -0.703. The van der Waals surface area contributed by atoms with Crippen LogP contribution in [0.15, 0.2) is 36.4 Å². The van der Waals surface area contributed by atoms with E-state index in [0.717, 1.165) is 0 Å². The van der Waals surface area contributed by atoms with E-state index in [0.29, 0.717) is 22.6 Å². The molecular weight excluding hydrogens is 289 g/mol. The van der Waals surface area contributed by atoms with Crippen LogP contribution in [-0.4, -0.2) is 31.2 Å². The first-order valence-corrected chi connectivity index (χ1v) is 6.88. The molecule has 116 valence electrons. The van der Waals surface area contributed by atoms with Crippen LogP contribution in [0.2, 0.25) is 0 Å². The molecule has 0 amide bonds. The highest BCUT2D eigenvalue weighted by Crippen LogP contribution is 2.39. The second-order valence-electron chi connectivity index (χ2n) is 4.89. The van der Waals surface area contributed by atoms with Gasteiger partial charge < -0.3 is 25.1 Å². The monoisotopic (exact) mass is 305 g/mol. The number of halogens is 1. The van der Waals surface area contributed by atoms with Gasteiger partial charge in [0.2, 0.25) is 12.5 Å². The smallest absolute Gasteiger partial charge is 0.231 e. The Morgan fingerprint density at radius 1 is 1.18 bits per heavy atom. The molecule has 0 bridgehead atoms. The van der Waals surface area contributed by atoms with Crippen LogP contribution in [0.3, 0.4) is 0 Å². The van der Waals surface area contributed by atoms with Crippen molar-refractivity contribution in [3.8, 4) is 28.4 Å². The van der Waals surface area contributed by atoms with E-state index < -0.39 is 11.9 Å². The quantitative estimate of drug-likeness (QED) is 0.883. The summed E-state index contributed by atoms with van der Waals surface area (Å²) in [5.74, 6) is 0.695. The zero-order valence-corrected chi connectivity index (χ0v) is 11.8. The highest BCUT2D eigenvalue weighted by molar-refractivity contribution is 5.69. The Balaban J connectivity index is 1.79. The van der Waals surface area contributed by atoms with Crippen LogP contribution < -0.4 is 19.9 Å². The first-order valence-electron chi connectivity index (χ1n) is 6.88. The van der Waals surface area contributed by atoms with Gasteiger partial charge in [0, 0.05) is 12.1 Å². The zero-order chi connectivity index (χ0) is 15.5. The molecule has 5 nitrogen and oxygen atoms in total. The number of benzene rings is 2. The maximum absolute atomic E-state index is 14.4. The lowest BCUT2D eigenvalue weighted by molar-refractivity contribution is 0.114. The Kier molecular flexibility index (Phi) is 4.13. The molecule has 22 heavy (non-hydrogen) atoms. The molecule has 0 saturated heterocycles. The van der Waals surface area contributed by atoms with Crippen LogP contribution >= 0.6 is 0 Å². The summed E-state index contributed by atoms with van der Waals surface area (Å²) in [5, 5.41) is 9.35. The molecule has 3 rings (SSSR count). The van der Waals surface area contributed by atoms with E-state index in [1.165, 1.54) is 0 Å². The van der Waals surface area contributed by atoms with E-state index in [-0.39, 0.29) is 25.7 Å². The van der Waals surface area contributed by atoms with Gasteiger partial charge in [0.15, 0.2) is 11.6 Å². The standard InChI is InChI=1S/C16H16FNO4/c17-15-13(5-6-14-16(15)22-9-21-14)10-1-3-12(4-2-10)20-8-11(19)7-18/h1-6,11,19H,7-9,18H2. The number of hydrogen-bond donors (Lipinski definition) is 2. The lowest BCUT2D eigenvalue weighted by Crippen LogP contribution is -2.26. The third kappa shape index (κ3) is 2.84. The molecule has 1 aliphatic heterocycles. The van der Waals surface area contributed by atoms with Crippen LogP contribution in [0.5, 0.6) is 17.2 Å². The van der Waals surface area contributed by atoms with E-state index in [9.17, 15) is 9.50 Å². The van der Waals surface area contributed by atoms with Crippen molar-refractivity contribution in [2.75, 3.05) is 19.9 Å². The molecule has 0 aromatic heterocycles. The molecule has 0 saturated carbocycles. The predicted octanol–water partition coefficient (Wildman–Crippen LogP) is 1.92. The number of aliphatic hydroxyl groups is 1. The van der Waals surface area contributed by atoms with Gasteiger partial charge >= 0.3 is 0 Å². The summed E-state index contributed by atoms with van der Waals surface area (Å²) in [6, 6.07) is 10.2. The molecule has 3 N–H and O–H groups in total. The van der Waals surface area contributed by atoms with Crippen molar-refractivity contribution in [3.63, 3.8) is 0 Å². The van der Waals surface area contributed by atoms with Crippen LogP contribution in [0.1, 0.15) is 0 Å². The maximum atomic E-state index is 14.4. The van der Waals surface area contributed by atoms with Gasteiger partial charge in [-0.05, 0) is 29.8 Å². The van der Waals surface area contributed by atoms with Gasteiger partial charge in [0.05, 0.1) is 0 Å². The van der Waals surface area contributed by atoms with E-state index in [1.54, 1.807) is 36.4 Å². The van der Waals surface area contributed by atoms with Gasteiger partial charge in [0.25, 0.3) is 0 Å². The van der Waals surface area contributed by atoms with Crippen molar-refractivity contribution in [3.05, 3.63) is 42.2 Å². The van der Waals surface area contributed by atoms with Gasteiger partial charge in [-0.25, -0.2) is 4.39 Å². The molecular formula is C16H16FNO4. The van der Waals surface area contributed by atoms with Crippen LogP contribution in [0.4, 0.5) is 4.39 Å². The third-order valence-corrected chi connectivity index (χ3v) is 3.36. The van der Waals surface area contributed by atoms with Crippen molar-refractivity contribution in [2.24, 2.45) is 5.73 Å². The summed E-state index contributed by atoms with van der Waals surface area (Å²) in [6.45, 7) is 0.292. The Labute approximate surface area is 127 Å². The molecule has 1 unspecified atom stereocenters. The number of aliphatic hydroxyl groups excluding tert-OH is 1. The van der Waals surface area contributed by atoms with Crippen molar-refractivity contribution in [1.82, 2.24) is 0 Å². The molecule has 1 aliphatic rings. The van der Waals surface area contributed by atoms with Crippen molar-refractivity contribution >= 4 is 0 Å². The molecule has 1 heterocycles. The number of fused-ring (bicyclic) bond motifs is 1. The molecule has 2 aromatic carbocycles. The van der Waals surface area contributed by atoms with Crippen molar-refractivity contribution < 1.29 is 23.7 Å². The largest absolute Gasteiger partial charge is 0.491 e. The van der Waals surface area contributed by atoms with Crippen LogP contribution in [0.25, 0.3) is 11.1 Å². The summed E-state index contributed by atoms with van der Waals surface area (Å²) in [6.07, 6.45) is -0.703. The predicted molar refractivity (Wildman–Crippen MR) is 78.5 cm³/mol.